The number of hydrogen-bond acceptors (Lipinski definition) is 7. The van der Waals surface area contributed by atoms with E-state index in [4.69, 9.17) is 21.1 Å². The maximum atomic E-state index is 15.3. The first kappa shape index (κ1) is 27.2. The van der Waals surface area contributed by atoms with E-state index < -0.39 is 23.4 Å². The van der Waals surface area contributed by atoms with Gasteiger partial charge in [-0.05, 0) is 48.4 Å². The predicted molar refractivity (Wildman–Crippen MR) is 145 cm³/mol. The lowest BCUT2D eigenvalue weighted by Crippen LogP contribution is -2.32. The van der Waals surface area contributed by atoms with Crippen LogP contribution in [-0.4, -0.2) is 43.3 Å². The smallest absolute Gasteiger partial charge is 0.354 e. The summed E-state index contributed by atoms with van der Waals surface area (Å²) in [6, 6.07) is 9.24. The third kappa shape index (κ3) is 5.63. The van der Waals surface area contributed by atoms with Gasteiger partial charge in [0.2, 0.25) is 0 Å². The summed E-state index contributed by atoms with van der Waals surface area (Å²) in [6.45, 7) is 0.857. The molecule has 0 spiro atoms. The van der Waals surface area contributed by atoms with Crippen LogP contribution >= 0.6 is 22.9 Å². The molecular weight excluding hydrogens is 581 g/mol. The zero-order chi connectivity index (χ0) is 28.7. The lowest BCUT2D eigenvalue weighted by Gasteiger charge is -2.27. The number of carbonyl (C=O) groups is 1. The van der Waals surface area contributed by atoms with Crippen LogP contribution in [0.15, 0.2) is 47.8 Å². The lowest BCUT2D eigenvalue weighted by molar-refractivity contribution is -0.0590. The highest BCUT2D eigenvalue weighted by atomic mass is 35.5. The van der Waals surface area contributed by atoms with Gasteiger partial charge >= 0.3 is 5.97 Å². The normalized spacial score (nSPS) is 14.8. The number of aromatic nitrogens is 4. The van der Waals surface area contributed by atoms with E-state index >= 15 is 8.78 Å². The number of rotatable bonds is 9. The fourth-order valence-electron chi connectivity index (χ4n) is 4.44. The maximum Gasteiger partial charge on any atom is 0.354 e. The van der Waals surface area contributed by atoms with Gasteiger partial charge in [0.1, 0.15) is 35.4 Å². The van der Waals surface area contributed by atoms with Crippen LogP contribution in [0.1, 0.15) is 33.9 Å². The van der Waals surface area contributed by atoms with Crippen molar-refractivity contribution >= 4 is 40.1 Å². The number of nitrogens with zero attached hydrogens (tertiary/aromatic N) is 4. The van der Waals surface area contributed by atoms with E-state index in [1.165, 1.54) is 35.7 Å². The summed E-state index contributed by atoms with van der Waals surface area (Å²) in [4.78, 5) is 24.4. The largest absolute Gasteiger partial charge is 0.477 e. The Labute approximate surface area is 240 Å². The second kappa shape index (κ2) is 11.1. The SMILES string of the molecule is O=C(O)c1ccc2nc(Cc3cc(F)c(-c4csc(OCc5ccc(Cl)cc5F)n4)cc3F)n(C[C@@H]3CCO3)c2n1. The number of imidazole rings is 1. The molecule has 0 saturated carbocycles. The van der Waals surface area contributed by atoms with E-state index in [1.54, 1.807) is 4.57 Å². The van der Waals surface area contributed by atoms with Gasteiger partial charge in [0.25, 0.3) is 5.19 Å². The highest BCUT2D eigenvalue weighted by Gasteiger charge is 2.24. The number of ether oxygens (including phenoxy) is 2. The number of thiazole rings is 1. The van der Waals surface area contributed by atoms with Gasteiger partial charge in [-0.1, -0.05) is 29.0 Å². The molecule has 1 saturated heterocycles. The van der Waals surface area contributed by atoms with E-state index in [0.29, 0.717) is 30.1 Å². The maximum absolute atomic E-state index is 15.3. The molecule has 41 heavy (non-hydrogen) atoms. The molecule has 8 nitrogen and oxygen atoms in total. The Kier molecular flexibility index (Phi) is 7.37. The van der Waals surface area contributed by atoms with Crippen molar-refractivity contribution in [2.45, 2.75) is 32.1 Å². The molecule has 1 N–H and O–H groups in total. The summed E-state index contributed by atoms with van der Waals surface area (Å²) < 4.78 is 57.4. The van der Waals surface area contributed by atoms with Crippen molar-refractivity contribution in [3.8, 4) is 16.5 Å². The molecule has 1 aliphatic rings. The summed E-state index contributed by atoms with van der Waals surface area (Å²) in [5, 5.41) is 11.3. The van der Waals surface area contributed by atoms with Crippen LogP contribution in [0.5, 0.6) is 5.19 Å². The van der Waals surface area contributed by atoms with Crippen LogP contribution in [0.4, 0.5) is 13.2 Å². The van der Waals surface area contributed by atoms with Crippen LogP contribution < -0.4 is 4.74 Å². The number of carboxylic acid groups (broad SMARTS) is 1. The minimum absolute atomic E-state index is 0.0562. The van der Waals surface area contributed by atoms with E-state index in [0.717, 1.165) is 29.9 Å². The van der Waals surface area contributed by atoms with Gasteiger partial charge in [-0.25, -0.2) is 32.9 Å². The van der Waals surface area contributed by atoms with Gasteiger partial charge in [0, 0.05) is 34.6 Å². The fraction of sp³-hybridized carbons (Fsp3) is 0.214. The molecule has 13 heteroatoms. The summed E-state index contributed by atoms with van der Waals surface area (Å²) in [7, 11) is 0. The topological polar surface area (TPSA) is 99.4 Å². The average molecular weight is 601 g/mol. The van der Waals surface area contributed by atoms with Crippen molar-refractivity contribution in [3.63, 3.8) is 0 Å². The molecule has 1 aliphatic heterocycles. The third-order valence-electron chi connectivity index (χ3n) is 6.68. The number of benzene rings is 2. The Morgan fingerprint density at radius 1 is 1.07 bits per heavy atom. The average Bonchev–Trinajstić information content (AvgIpc) is 3.51. The summed E-state index contributed by atoms with van der Waals surface area (Å²) in [5.41, 5.74) is 1.07. The number of pyridine rings is 1. The summed E-state index contributed by atoms with van der Waals surface area (Å²) in [5.74, 6) is -2.67. The number of fused-ring (bicyclic) bond motifs is 1. The fourth-order valence-corrected chi connectivity index (χ4v) is 5.27. The van der Waals surface area contributed by atoms with Gasteiger partial charge in [-0.2, -0.15) is 0 Å². The number of aromatic carboxylic acids is 1. The van der Waals surface area contributed by atoms with Crippen LogP contribution in [0.3, 0.4) is 0 Å². The van der Waals surface area contributed by atoms with Gasteiger partial charge in [0.05, 0.1) is 18.3 Å². The molecule has 3 aromatic heterocycles. The summed E-state index contributed by atoms with van der Waals surface area (Å²) in [6.07, 6.45) is 0.637. The molecule has 0 amide bonds. The van der Waals surface area contributed by atoms with Crippen LogP contribution in [0.2, 0.25) is 5.02 Å². The first-order valence-electron chi connectivity index (χ1n) is 12.5. The standard InChI is InChI=1S/C28H20ClF3N4O4S/c29-16-2-1-14(19(30)9-16)12-40-28-35-24(13-41-28)18-10-20(31)15(7-21(18)32)8-25-33-22-3-4-23(27(37)38)34-26(22)36(25)11-17-5-6-39-17/h1-4,7,9-10,13,17H,5-6,8,11-12H2,(H,37,38)/t17-/m0/s1. The molecule has 6 rings (SSSR count). The van der Waals surface area contributed by atoms with Crippen LogP contribution in [0, 0.1) is 17.5 Å². The minimum atomic E-state index is -1.18. The number of hydrogen-bond donors (Lipinski definition) is 1. The Balaban J connectivity index is 1.25. The Bertz CT molecular complexity index is 1790. The van der Waals surface area contributed by atoms with Gasteiger partial charge in [-0.3, -0.25) is 0 Å². The van der Waals surface area contributed by atoms with Crippen molar-refractivity contribution < 1.29 is 32.5 Å². The second-order valence-electron chi connectivity index (χ2n) is 9.39. The van der Waals surface area contributed by atoms with Gasteiger partial charge < -0.3 is 19.1 Å². The quantitative estimate of drug-likeness (QED) is 0.212. The van der Waals surface area contributed by atoms with Crippen molar-refractivity contribution in [2.75, 3.05) is 6.61 Å². The zero-order valence-electron chi connectivity index (χ0n) is 21.1. The molecule has 0 aliphatic carbocycles. The molecule has 0 radical (unpaired) electrons. The van der Waals surface area contributed by atoms with Crippen molar-refractivity contribution in [3.05, 3.63) is 93.0 Å². The molecule has 0 unspecified atom stereocenters. The molecule has 5 aromatic rings. The number of carboxylic acids is 1. The Morgan fingerprint density at radius 2 is 1.88 bits per heavy atom. The third-order valence-corrected chi connectivity index (χ3v) is 7.67. The highest BCUT2D eigenvalue weighted by molar-refractivity contribution is 7.11. The van der Waals surface area contributed by atoms with Gasteiger partial charge in [-0.15, -0.1) is 0 Å². The highest BCUT2D eigenvalue weighted by Crippen LogP contribution is 2.32. The number of halogens is 4. The molecule has 2 aromatic carbocycles. The van der Waals surface area contributed by atoms with E-state index in [9.17, 15) is 14.3 Å². The first-order chi connectivity index (χ1) is 19.7. The molecule has 1 atom stereocenters. The van der Waals surface area contributed by atoms with Crippen molar-refractivity contribution in [1.29, 1.82) is 0 Å². The van der Waals surface area contributed by atoms with Crippen molar-refractivity contribution in [1.82, 2.24) is 19.5 Å². The molecule has 4 heterocycles. The second-order valence-corrected chi connectivity index (χ2v) is 10.6. The first-order valence-corrected chi connectivity index (χ1v) is 13.7. The predicted octanol–water partition coefficient (Wildman–Crippen LogP) is 6.28. The van der Waals surface area contributed by atoms with E-state index in [2.05, 4.69) is 15.0 Å². The lowest BCUT2D eigenvalue weighted by atomic mass is 10.1. The molecule has 210 valence electrons. The molecule has 0 bridgehead atoms. The summed E-state index contributed by atoms with van der Waals surface area (Å²) >= 11 is 6.84. The molecule has 1 fully saturated rings. The zero-order valence-corrected chi connectivity index (χ0v) is 22.7. The van der Waals surface area contributed by atoms with Crippen LogP contribution in [0.25, 0.3) is 22.4 Å². The van der Waals surface area contributed by atoms with E-state index in [-0.39, 0.29) is 57.4 Å². The Morgan fingerprint density at radius 3 is 2.61 bits per heavy atom. The monoisotopic (exact) mass is 600 g/mol. The van der Waals surface area contributed by atoms with E-state index in [1.807, 2.05) is 0 Å². The van der Waals surface area contributed by atoms with Gasteiger partial charge in [0.15, 0.2) is 11.3 Å². The Hall–Kier alpha value is -4.00. The minimum Gasteiger partial charge on any atom is -0.477 e. The van der Waals surface area contributed by atoms with Crippen LogP contribution in [-0.2, 0) is 24.3 Å². The van der Waals surface area contributed by atoms with Crippen molar-refractivity contribution in [2.24, 2.45) is 0 Å². The molecular formula is C28H20ClF3N4O4S.